The lowest BCUT2D eigenvalue weighted by Crippen LogP contribution is -2.26. The van der Waals surface area contributed by atoms with Crippen molar-refractivity contribution in [2.24, 2.45) is 0 Å². The number of hydrogen-bond donors (Lipinski definition) is 0. The van der Waals surface area contributed by atoms with Crippen molar-refractivity contribution in [3.05, 3.63) is 45.4 Å². The number of nitrogens with zero attached hydrogens (tertiary/aromatic N) is 2. The van der Waals surface area contributed by atoms with E-state index in [1.165, 1.54) is 0 Å². The van der Waals surface area contributed by atoms with E-state index in [1.54, 1.807) is 31.3 Å². The molecule has 126 valence electrons. The van der Waals surface area contributed by atoms with Crippen molar-refractivity contribution in [3.63, 3.8) is 0 Å². The third-order valence-corrected chi connectivity index (χ3v) is 4.39. The minimum atomic E-state index is -4.30. The number of Topliss-reactive ketones (excluding diaryl/α,β-unsaturated/α-hetero) is 1. The molecule has 2 rings (SSSR count). The van der Waals surface area contributed by atoms with Crippen molar-refractivity contribution >= 4 is 17.1 Å². The van der Waals surface area contributed by atoms with Gasteiger partial charge in [0.15, 0.2) is 5.78 Å². The number of carbonyl (C=O) groups excluding carboxylic acids is 1. The quantitative estimate of drug-likeness (QED) is 0.739. The minimum absolute atomic E-state index is 0.163. The molecule has 0 radical (unpaired) electrons. The van der Waals surface area contributed by atoms with Crippen LogP contribution in [0.5, 0.6) is 0 Å². The van der Waals surface area contributed by atoms with E-state index >= 15 is 0 Å². The predicted molar refractivity (Wildman–Crippen MR) is 84.9 cm³/mol. The lowest BCUT2D eigenvalue weighted by atomic mass is 10.1. The first-order valence-electron chi connectivity index (χ1n) is 7.13. The summed E-state index contributed by atoms with van der Waals surface area (Å²) in [6, 6.07) is 3.53. The Bertz CT molecular complexity index is 674. The van der Waals surface area contributed by atoms with Crippen molar-refractivity contribution in [1.29, 1.82) is 0 Å². The molecule has 0 saturated carbocycles. The molecule has 23 heavy (non-hydrogen) atoms. The van der Waals surface area contributed by atoms with Crippen LogP contribution in [-0.4, -0.2) is 35.0 Å². The van der Waals surface area contributed by atoms with E-state index in [0.29, 0.717) is 23.5 Å². The number of alkyl halides is 3. The van der Waals surface area contributed by atoms with Gasteiger partial charge in [-0.25, -0.2) is 0 Å². The van der Waals surface area contributed by atoms with Crippen LogP contribution < -0.4 is 0 Å². The Balaban J connectivity index is 2.09. The molecule has 0 aliphatic rings. The number of thiophene rings is 1. The van der Waals surface area contributed by atoms with E-state index in [4.69, 9.17) is 0 Å². The molecule has 3 nitrogen and oxygen atoms in total. The van der Waals surface area contributed by atoms with Crippen LogP contribution in [0.2, 0.25) is 0 Å². The van der Waals surface area contributed by atoms with Crippen LogP contribution in [0.3, 0.4) is 0 Å². The van der Waals surface area contributed by atoms with Crippen LogP contribution in [0.4, 0.5) is 13.2 Å². The van der Waals surface area contributed by atoms with Crippen LogP contribution in [0.1, 0.15) is 27.3 Å². The summed E-state index contributed by atoms with van der Waals surface area (Å²) < 4.78 is 39.0. The Kier molecular flexibility index (Phi) is 5.31. The van der Waals surface area contributed by atoms with Crippen LogP contribution in [0.15, 0.2) is 22.9 Å². The van der Waals surface area contributed by atoms with Gasteiger partial charge in [-0.05, 0) is 49.4 Å². The monoisotopic (exact) mass is 344 g/mol. The lowest BCUT2D eigenvalue weighted by molar-refractivity contribution is -0.141. The standard InChI is InChI=1S/C16H19F3N2OS/c1-11-6-14(12(2)21(11)10-16(17,18)19)15(22)8-20(3)7-13-4-5-23-9-13/h4-6,9H,7-8,10H2,1-3H3. The summed E-state index contributed by atoms with van der Waals surface area (Å²) >= 11 is 1.59. The summed E-state index contributed by atoms with van der Waals surface area (Å²) in [5.74, 6) is -0.163. The second-order valence-electron chi connectivity index (χ2n) is 5.71. The smallest absolute Gasteiger partial charge is 0.339 e. The van der Waals surface area contributed by atoms with E-state index in [9.17, 15) is 18.0 Å². The molecule has 0 N–H and O–H groups in total. The summed E-state index contributed by atoms with van der Waals surface area (Å²) in [5, 5.41) is 3.98. The van der Waals surface area contributed by atoms with Gasteiger partial charge >= 0.3 is 6.18 Å². The minimum Gasteiger partial charge on any atom is -0.339 e. The van der Waals surface area contributed by atoms with Gasteiger partial charge in [0.2, 0.25) is 0 Å². The highest BCUT2D eigenvalue weighted by molar-refractivity contribution is 7.07. The highest BCUT2D eigenvalue weighted by Crippen LogP contribution is 2.23. The van der Waals surface area contributed by atoms with E-state index in [1.807, 2.05) is 28.8 Å². The zero-order valence-corrected chi connectivity index (χ0v) is 14.1. The molecule has 0 spiro atoms. The van der Waals surface area contributed by atoms with Gasteiger partial charge < -0.3 is 4.57 Å². The van der Waals surface area contributed by atoms with Crippen molar-refractivity contribution in [2.75, 3.05) is 13.6 Å². The third-order valence-electron chi connectivity index (χ3n) is 3.66. The first kappa shape index (κ1) is 17.7. The van der Waals surface area contributed by atoms with Crippen molar-refractivity contribution < 1.29 is 18.0 Å². The summed E-state index contributed by atoms with van der Waals surface area (Å²) in [7, 11) is 1.82. The summed E-state index contributed by atoms with van der Waals surface area (Å²) in [6.07, 6.45) is -4.30. The van der Waals surface area contributed by atoms with E-state index in [-0.39, 0.29) is 12.3 Å². The molecule has 0 fully saturated rings. The molecule has 0 aliphatic carbocycles. The Morgan fingerprint density at radius 2 is 2.04 bits per heavy atom. The molecule has 2 aromatic rings. The van der Waals surface area contributed by atoms with E-state index < -0.39 is 12.7 Å². The summed E-state index contributed by atoms with van der Waals surface area (Å²) in [6.45, 7) is 2.89. The molecule has 0 bridgehead atoms. The summed E-state index contributed by atoms with van der Waals surface area (Å²) in [4.78, 5) is 14.3. The number of hydrogen-bond acceptors (Lipinski definition) is 3. The number of carbonyl (C=O) groups is 1. The van der Waals surface area contributed by atoms with Crippen LogP contribution in [-0.2, 0) is 13.1 Å². The van der Waals surface area contributed by atoms with Gasteiger partial charge in [0, 0.05) is 23.5 Å². The van der Waals surface area contributed by atoms with Crippen molar-refractivity contribution in [2.45, 2.75) is 33.1 Å². The molecule has 0 unspecified atom stereocenters. The lowest BCUT2D eigenvalue weighted by Gasteiger charge is -2.15. The molecule has 2 heterocycles. The SMILES string of the molecule is Cc1cc(C(=O)CN(C)Cc2ccsc2)c(C)n1CC(F)(F)F. The first-order chi connectivity index (χ1) is 10.7. The molecule has 2 aromatic heterocycles. The van der Waals surface area contributed by atoms with Gasteiger partial charge in [0.1, 0.15) is 6.54 Å². The Labute approximate surface area is 137 Å². The molecule has 7 heteroatoms. The normalized spacial score (nSPS) is 12.1. The number of aromatic nitrogens is 1. The molecule has 0 aliphatic heterocycles. The topological polar surface area (TPSA) is 25.2 Å². The molecule has 0 saturated heterocycles. The Morgan fingerprint density at radius 3 is 2.61 bits per heavy atom. The predicted octanol–water partition coefficient (Wildman–Crippen LogP) is 4.04. The largest absolute Gasteiger partial charge is 0.406 e. The fraction of sp³-hybridized carbons (Fsp3) is 0.438. The van der Waals surface area contributed by atoms with Gasteiger partial charge in [-0.15, -0.1) is 0 Å². The number of likely N-dealkylation sites (N-methyl/N-ethyl adjacent to an activating group) is 1. The first-order valence-corrected chi connectivity index (χ1v) is 8.08. The molecular weight excluding hydrogens is 325 g/mol. The second kappa shape index (κ2) is 6.88. The fourth-order valence-corrected chi connectivity index (χ4v) is 3.25. The van der Waals surface area contributed by atoms with Crippen LogP contribution in [0, 0.1) is 13.8 Å². The third kappa shape index (κ3) is 4.68. The summed E-state index contributed by atoms with van der Waals surface area (Å²) in [5.41, 5.74) is 2.30. The maximum absolute atomic E-state index is 12.6. The zero-order valence-electron chi connectivity index (χ0n) is 13.3. The molecular formula is C16H19F3N2OS. The highest BCUT2D eigenvalue weighted by atomic mass is 32.1. The van der Waals surface area contributed by atoms with Gasteiger partial charge in [0.05, 0.1) is 6.54 Å². The maximum atomic E-state index is 12.6. The fourth-order valence-electron chi connectivity index (χ4n) is 2.59. The van der Waals surface area contributed by atoms with E-state index in [0.717, 1.165) is 10.1 Å². The van der Waals surface area contributed by atoms with Crippen molar-refractivity contribution in [3.8, 4) is 0 Å². The average molecular weight is 344 g/mol. The van der Waals surface area contributed by atoms with Gasteiger partial charge in [-0.1, -0.05) is 0 Å². The average Bonchev–Trinajstić information content (AvgIpc) is 3.00. The maximum Gasteiger partial charge on any atom is 0.406 e. The number of rotatable bonds is 6. The van der Waals surface area contributed by atoms with Gasteiger partial charge in [-0.3, -0.25) is 9.69 Å². The number of halogens is 3. The molecule has 0 atom stereocenters. The Hall–Kier alpha value is -1.60. The van der Waals surface area contributed by atoms with Crippen LogP contribution in [0.25, 0.3) is 0 Å². The Morgan fingerprint density at radius 1 is 1.35 bits per heavy atom. The van der Waals surface area contributed by atoms with Gasteiger partial charge in [-0.2, -0.15) is 24.5 Å². The number of aryl methyl sites for hydroxylation is 1. The van der Waals surface area contributed by atoms with Crippen molar-refractivity contribution in [1.82, 2.24) is 9.47 Å². The number of ketones is 1. The van der Waals surface area contributed by atoms with E-state index in [2.05, 4.69) is 0 Å². The highest BCUT2D eigenvalue weighted by Gasteiger charge is 2.30. The molecule has 0 amide bonds. The van der Waals surface area contributed by atoms with Crippen LogP contribution >= 0.6 is 11.3 Å². The zero-order chi connectivity index (χ0) is 17.2. The van der Waals surface area contributed by atoms with Gasteiger partial charge in [0.25, 0.3) is 0 Å². The molecule has 0 aromatic carbocycles. The second-order valence-corrected chi connectivity index (χ2v) is 6.49.